The summed E-state index contributed by atoms with van der Waals surface area (Å²) in [5.41, 5.74) is 2.53. The van der Waals surface area contributed by atoms with Crippen molar-refractivity contribution in [3.63, 3.8) is 0 Å². The van der Waals surface area contributed by atoms with Gasteiger partial charge in [0.25, 0.3) is 11.8 Å². The van der Waals surface area contributed by atoms with E-state index < -0.39 is 0 Å². The Morgan fingerprint density at radius 3 is 2.30 bits per heavy atom. The van der Waals surface area contributed by atoms with E-state index in [1.807, 2.05) is 49.4 Å². The average molecular weight is 503 g/mol. The van der Waals surface area contributed by atoms with Crippen molar-refractivity contribution in [2.75, 3.05) is 23.9 Å². The number of methoxy groups -OCH3 is 1. The molecule has 33 heavy (non-hydrogen) atoms. The Morgan fingerprint density at radius 1 is 0.909 bits per heavy atom. The molecule has 1 N–H and O–H groups in total. The van der Waals surface area contributed by atoms with Crippen molar-refractivity contribution in [1.29, 1.82) is 0 Å². The molecule has 0 heterocycles. The molecule has 2 amide bonds. The lowest BCUT2D eigenvalue weighted by molar-refractivity contribution is 0.0987. The Kier molecular flexibility index (Phi) is 6.75. The summed E-state index contributed by atoms with van der Waals surface area (Å²) in [4.78, 5) is 27.7. The molecule has 166 valence electrons. The van der Waals surface area contributed by atoms with Crippen molar-refractivity contribution >= 4 is 49.9 Å². The molecule has 0 aliphatic carbocycles. The van der Waals surface area contributed by atoms with Crippen LogP contribution in [-0.4, -0.2) is 25.5 Å². The van der Waals surface area contributed by atoms with Crippen molar-refractivity contribution < 1.29 is 14.3 Å². The van der Waals surface area contributed by atoms with Crippen LogP contribution < -0.4 is 15.0 Å². The zero-order chi connectivity index (χ0) is 23.4. The third-order valence-electron chi connectivity index (χ3n) is 5.42. The number of amides is 2. The molecule has 0 spiro atoms. The third-order valence-corrected chi connectivity index (χ3v) is 6.04. The summed E-state index contributed by atoms with van der Waals surface area (Å²) in [5, 5.41) is 4.98. The van der Waals surface area contributed by atoms with Crippen molar-refractivity contribution in [2.24, 2.45) is 0 Å². The van der Waals surface area contributed by atoms with Crippen molar-refractivity contribution in [2.45, 2.75) is 6.92 Å². The van der Waals surface area contributed by atoms with E-state index in [1.165, 1.54) is 0 Å². The Morgan fingerprint density at radius 2 is 1.61 bits per heavy atom. The minimum Gasteiger partial charge on any atom is -0.496 e. The fourth-order valence-electron chi connectivity index (χ4n) is 3.73. The summed E-state index contributed by atoms with van der Waals surface area (Å²) in [6.45, 7) is 2.50. The maximum atomic E-state index is 13.3. The molecular weight excluding hydrogens is 480 g/mol. The highest BCUT2D eigenvalue weighted by Gasteiger charge is 2.18. The van der Waals surface area contributed by atoms with E-state index in [0.29, 0.717) is 33.6 Å². The number of benzene rings is 4. The summed E-state index contributed by atoms with van der Waals surface area (Å²) < 4.78 is 5.90. The second kappa shape index (κ2) is 9.88. The highest BCUT2D eigenvalue weighted by molar-refractivity contribution is 9.10. The number of nitrogens with zero attached hydrogens (tertiary/aromatic N) is 1. The first-order valence-corrected chi connectivity index (χ1v) is 11.4. The summed E-state index contributed by atoms with van der Waals surface area (Å²) >= 11 is 3.39. The number of carbonyl (C=O) groups is 2. The van der Waals surface area contributed by atoms with Crippen molar-refractivity contribution in [3.8, 4) is 5.75 Å². The SMILES string of the molecule is CCN(C(=O)c1ccc(NC(=O)c2ccc(OC)c(Br)c2)cc1)c1cccc2ccccc12. The van der Waals surface area contributed by atoms with Gasteiger partial charge in [0.2, 0.25) is 0 Å². The Labute approximate surface area is 201 Å². The van der Waals surface area contributed by atoms with E-state index in [2.05, 4.69) is 21.2 Å². The normalized spacial score (nSPS) is 10.6. The summed E-state index contributed by atoms with van der Waals surface area (Å²) in [6, 6.07) is 26.1. The predicted molar refractivity (Wildman–Crippen MR) is 136 cm³/mol. The fourth-order valence-corrected chi connectivity index (χ4v) is 4.27. The van der Waals surface area contributed by atoms with Gasteiger partial charge in [0.05, 0.1) is 17.3 Å². The second-order valence-electron chi connectivity index (χ2n) is 7.43. The Hall–Kier alpha value is -3.64. The Balaban J connectivity index is 1.53. The quantitative estimate of drug-likeness (QED) is 0.326. The maximum absolute atomic E-state index is 13.3. The van der Waals surface area contributed by atoms with Gasteiger partial charge in [-0.1, -0.05) is 36.4 Å². The maximum Gasteiger partial charge on any atom is 0.258 e. The molecule has 4 aromatic carbocycles. The van der Waals surface area contributed by atoms with Crippen LogP contribution in [0.3, 0.4) is 0 Å². The van der Waals surface area contributed by atoms with E-state index in [4.69, 9.17) is 4.74 Å². The van der Waals surface area contributed by atoms with Gasteiger partial charge in [0.15, 0.2) is 0 Å². The number of halogens is 1. The van der Waals surface area contributed by atoms with Gasteiger partial charge >= 0.3 is 0 Å². The van der Waals surface area contributed by atoms with Crippen LogP contribution in [0.5, 0.6) is 5.75 Å². The van der Waals surface area contributed by atoms with E-state index in [1.54, 1.807) is 54.5 Å². The first kappa shape index (κ1) is 22.6. The molecule has 4 rings (SSSR count). The zero-order valence-electron chi connectivity index (χ0n) is 18.3. The molecule has 0 aromatic heterocycles. The number of nitrogens with one attached hydrogen (secondary N) is 1. The summed E-state index contributed by atoms with van der Waals surface area (Å²) in [5.74, 6) is 0.315. The van der Waals surface area contributed by atoms with Crippen LogP contribution in [0.1, 0.15) is 27.6 Å². The fraction of sp³-hybridized carbons (Fsp3) is 0.111. The van der Waals surface area contributed by atoms with Crippen LogP contribution in [0.4, 0.5) is 11.4 Å². The van der Waals surface area contributed by atoms with Crippen LogP contribution in [0.25, 0.3) is 10.8 Å². The molecule has 0 fully saturated rings. The minimum absolute atomic E-state index is 0.0918. The molecule has 6 heteroatoms. The second-order valence-corrected chi connectivity index (χ2v) is 8.28. The van der Waals surface area contributed by atoms with Crippen LogP contribution in [0, 0.1) is 0 Å². The predicted octanol–water partition coefficient (Wildman–Crippen LogP) is 6.53. The van der Waals surface area contributed by atoms with Crippen LogP contribution in [-0.2, 0) is 0 Å². The molecule has 0 saturated carbocycles. The lowest BCUT2D eigenvalue weighted by atomic mass is 10.1. The molecule has 0 aliphatic heterocycles. The van der Waals surface area contributed by atoms with Gasteiger partial charge < -0.3 is 15.0 Å². The lowest BCUT2D eigenvalue weighted by Crippen LogP contribution is -2.30. The number of fused-ring (bicyclic) bond motifs is 1. The smallest absolute Gasteiger partial charge is 0.258 e. The minimum atomic E-state index is -0.247. The monoisotopic (exact) mass is 502 g/mol. The molecule has 0 radical (unpaired) electrons. The molecule has 0 saturated heterocycles. The molecule has 5 nitrogen and oxygen atoms in total. The van der Waals surface area contributed by atoms with Crippen molar-refractivity contribution in [3.05, 3.63) is 101 Å². The van der Waals surface area contributed by atoms with Gasteiger partial charge in [0, 0.05) is 28.7 Å². The molecule has 0 aliphatic rings. The van der Waals surface area contributed by atoms with E-state index in [-0.39, 0.29) is 11.8 Å². The van der Waals surface area contributed by atoms with Gasteiger partial charge in [-0.15, -0.1) is 0 Å². The van der Waals surface area contributed by atoms with E-state index >= 15 is 0 Å². The third kappa shape index (κ3) is 4.76. The van der Waals surface area contributed by atoms with Crippen LogP contribution >= 0.6 is 15.9 Å². The molecule has 0 bridgehead atoms. The molecule has 0 atom stereocenters. The number of anilines is 2. The first-order valence-electron chi connectivity index (χ1n) is 10.6. The summed E-state index contributed by atoms with van der Waals surface area (Å²) in [6.07, 6.45) is 0. The van der Waals surface area contributed by atoms with Gasteiger partial charge in [-0.25, -0.2) is 0 Å². The molecular formula is C27H23BrN2O3. The van der Waals surface area contributed by atoms with Gasteiger partial charge in [-0.05, 0) is 76.8 Å². The number of hydrogen-bond acceptors (Lipinski definition) is 3. The average Bonchev–Trinajstić information content (AvgIpc) is 2.85. The topological polar surface area (TPSA) is 58.6 Å². The van der Waals surface area contributed by atoms with Crippen LogP contribution in [0.2, 0.25) is 0 Å². The molecule has 0 unspecified atom stereocenters. The van der Waals surface area contributed by atoms with Gasteiger partial charge in [0.1, 0.15) is 5.75 Å². The van der Waals surface area contributed by atoms with Gasteiger partial charge in [-0.3, -0.25) is 9.59 Å². The highest BCUT2D eigenvalue weighted by Crippen LogP contribution is 2.28. The van der Waals surface area contributed by atoms with E-state index in [0.717, 1.165) is 16.5 Å². The first-order chi connectivity index (χ1) is 16.0. The number of rotatable bonds is 6. The lowest BCUT2D eigenvalue weighted by Gasteiger charge is -2.23. The van der Waals surface area contributed by atoms with Gasteiger partial charge in [-0.2, -0.15) is 0 Å². The van der Waals surface area contributed by atoms with Crippen molar-refractivity contribution in [1.82, 2.24) is 0 Å². The number of ether oxygens (including phenoxy) is 1. The zero-order valence-corrected chi connectivity index (χ0v) is 19.9. The number of carbonyl (C=O) groups excluding carboxylic acids is 2. The standard InChI is InChI=1S/C27H23BrN2O3/c1-3-30(24-10-6-8-18-7-4-5-9-22(18)24)27(32)19-11-14-21(15-12-19)29-26(31)20-13-16-25(33-2)23(28)17-20/h4-17H,3H2,1-2H3,(H,29,31). The summed E-state index contributed by atoms with van der Waals surface area (Å²) in [7, 11) is 1.57. The highest BCUT2D eigenvalue weighted by atomic mass is 79.9. The molecule has 4 aromatic rings. The Bertz CT molecular complexity index is 1310. The number of hydrogen-bond donors (Lipinski definition) is 1. The largest absolute Gasteiger partial charge is 0.496 e. The van der Waals surface area contributed by atoms with Crippen LogP contribution in [0.15, 0.2) is 89.4 Å². The van der Waals surface area contributed by atoms with E-state index in [9.17, 15) is 9.59 Å².